The van der Waals surface area contributed by atoms with Crippen molar-refractivity contribution in [1.29, 1.82) is 0 Å². The Bertz CT molecular complexity index is 730. The maximum atomic E-state index is 12.2. The molecule has 0 bridgehead atoms. The van der Waals surface area contributed by atoms with Gasteiger partial charge in [0.2, 0.25) is 0 Å². The molecular formula is C20H29ClN2O2Si. The van der Waals surface area contributed by atoms with Crippen LogP contribution in [0.1, 0.15) is 47.1 Å². The number of carbonyl (C=O) groups is 1. The van der Waals surface area contributed by atoms with Gasteiger partial charge in [-0.1, -0.05) is 59.1 Å². The number of hydrogen-bond acceptors (Lipinski definition) is 2. The summed E-state index contributed by atoms with van der Waals surface area (Å²) in [5.74, 6) is 3.31. The van der Waals surface area contributed by atoms with Gasteiger partial charge in [0.15, 0.2) is 5.54 Å². The summed E-state index contributed by atoms with van der Waals surface area (Å²) in [5.41, 5.74) is 5.20. The smallest absolute Gasteiger partial charge is 0.320 e. The topological polar surface area (TPSA) is 61.4 Å². The fourth-order valence-corrected chi connectivity index (χ4v) is 9.77. The molecule has 1 aromatic carbocycles. The minimum atomic E-state index is -2.01. The van der Waals surface area contributed by atoms with E-state index in [1.54, 1.807) is 18.2 Å². The molecule has 0 fully saturated rings. The number of carbonyl (C=O) groups excluding carboxylic acids is 1. The molecule has 1 heterocycles. The van der Waals surface area contributed by atoms with E-state index in [-0.39, 0.29) is 12.6 Å². The van der Waals surface area contributed by atoms with Gasteiger partial charge in [-0.15, -0.1) is 5.54 Å². The molecule has 6 heteroatoms. The molecule has 0 saturated carbocycles. The van der Waals surface area contributed by atoms with Crippen LogP contribution in [0, 0.1) is 11.5 Å². The number of aliphatic hydroxyl groups is 1. The molecule has 0 aromatic heterocycles. The third-order valence-corrected chi connectivity index (χ3v) is 12.1. The summed E-state index contributed by atoms with van der Waals surface area (Å²) in [4.78, 5) is 12.2. The molecule has 142 valence electrons. The third-order valence-electron chi connectivity index (χ3n) is 5.61. The molecule has 4 nitrogen and oxygen atoms in total. The molecule has 1 unspecified atom stereocenters. The predicted octanol–water partition coefficient (Wildman–Crippen LogP) is 4.88. The van der Waals surface area contributed by atoms with E-state index in [0.717, 1.165) is 0 Å². The number of halogens is 1. The van der Waals surface area contributed by atoms with Crippen molar-refractivity contribution in [2.45, 2.75) is 63.7 Å². The van der Waals surface area contributed by atoms with Crippen LogP contribution in [0.5, 0.6) is 0 Å². The van der Waals surface area contributed by atoms with Gasteiger partial charge in [0.25, 0.3) is 0 Å². The highest BCUT2D eigenvalue weighted by Crippen LogP contribution is 2.41. The number of anilines is 1. The zero-order valence-electron chi connectivity index (χ0n) is 16.4. The largest absolute Gasteiger partial charge is 0.393 e. The third kappa shape index (κ3) is 3.51. The monoisotopic (exact) mass is 392 g/mol. The van der Waals surface area contributed by atoms with Crippen LogP contribution in [-0.4, -0.2) is 25.8 Å². The number of hydrogen-bond donors (Lipinski definition) is 3. The van der Waals surface area contributed by atoms with Crippen LogP contribution < -0.4 is 10.6 Å². The molecule has 1 aliphatic rings. The molecule has 0 radical (unpaired) electrons. The zero-order valence-corrected chi connectivity index (χ0v) is 18.2. The van der Waals surface area contributed by atoms with Gasteiger partial charge in [0.1, 0.15) is 8.07 Å². The lowest BCUT2D eigenvalue weighted by atomic mass is 9.88. The minimum absolute atomic E-state index is 0.306. The van der Waals surface area contributed by atoms with Crippen molar-refractivity contribution >= 4 is 31.4 Å². The summed E-state index contributed by atoms with van der Waals surface area (Å²) in [6.45, 7) is 13.1. The quantitative estimate of drug-likeness (QED) is 0.505. The Balaban J connectivity index is 2.68. The van der Waals surface area contributed by atoms with E-state index in [1.165, 1.54) is 0 Å². The molecule has 1 atom stereocenters. The highest BCUT2D eigenvalue weighted by atomic mass is 35.5. The van der Waals surface area contributed by atoms with E-state index in [9.17, 15) is 9.90 Å². The summed E-state index contributed by atoms with van der Waals surface area (Å²) in [6.07, 6.45) is 0. The first-order valence-corrected chi connectivity index (χ1v) is 11.7. The summed E-state index contributed by atoms with van der Waals surface area (Å²) < 4.78 is 0. The van der Waals surface area contributed by atoms with Crippen LogP contribution in [-0.2, 0) is 5.54 Å². The average molecular weight is 393 g/mol. The maximum absolute atomic E-state index is 12.2. The number of benzene rings is 1. The molecule has 1 aliphatic heterocycles. The average Bonchev–Trinajstić information content (AvgIpc) is 2.54. The van der Waals surface area contributed by atoms with E-state index < -0.39 is 13.6 Å². The van der Waals surface area contributed by atoms with Gasteiger partial charge in [-0.2, -0.15) is 0 Å². The maximum Gasteiger partial charge on any atom is 0.320 e. The highest BCUT2D eigenvalue weighted by molar-refractivity contribution is 6.90. The number of amides is 2. The standard InChI is InChI=1S/C20H29ClN2O2Si/c1-13(2)26(14(3)4,15(5)6)10-9-20(12-24)17-11-16(21)7-8-18(17)22-19(25)23-20/h7-8,11,13-15,24H,12H2,1-6H3,(H2,22,23,25). The van der Waals surface area contributed by atoms with E-state index >= 15 is 0 Å². The summed E-state index contributed by atoms with van der Waals surface area (Å²) in [5, 5.41) is 16.4. The van der Waals surface area contributed by atoms with Gasteiger partial charge in [-0.3, -0.25) is 0 Å². The summed E-state index contributed by atoms with van der Waals surface area (Å²) >= 11 is 6.18. The Morgan fingerprint density at radius 3 is 2.23 bits per heavy atom. The molecule has 1 aromatic rings. The van der Waals surface area contributed by atoms with E-state index in [0.29, 0.717) is 32.9 Å². The van der Waals surface area contributed by atoms with Crippen LogP contribution in [0.15, 0.2) is 18.2 Å². The molecule has 2 amide bonds. The lowest BCUT2D eigenvalue weighted by molar-refractivity contribution is 0.195. The van der Waals surface area contributed by atoms with Crippen LogP contribution in [0.2, 0.25) is 21.6 Å². The predicted molar refractivity (Wildman–Crippen MR) is 111 cm³/mol. The Morgan fingerprint density at radius 1 is 1.15 bits per heavy atom. The first-order chi connectivity index (χ1) is 12.1. The Hall–Kier alpha value is -1.48. The molecule has 2 rings (SSSR count). The van der Waals surface area contributed by atoms with Gasteiger partial charge in [0.05, 0.1) is 6.61 Å². The Morgan fingerprint density at radius 2 is 1.73 bits per heavy atom. The zero-order chi connectivity index (χ0) is 19.7. The lowest BCUT2D eigenvalue weighted by Gasteiger charge is -2.39. The van der Waals surface area contributed by atoms with Gasteiger partial charge < -0.3 is 15.7 Å². The van der Waals surface area contributed by atoms with Crippen LogP contribution in [0.3, 0.4) is 0 Å². The summed E-state index contributed by atoms with van der Waals surface area (Å²) in [6, 6.07) is 4.86. The number of fused-ring (bicyclic) bond motifs is 1. The van der Waals surface area contributed by atoms with Gasteiger partial charge in [0, 0.05) is 16.3 Å². The van der Waals surface area contributed by atoms with E-state index in [1.807, 2.05) is 0 Å². The van der Waals surface area contributed by atoms with Crippen molar-refractivity contribution in [2.75, 3.05) is 11.9 Å². The molecule has 0 aliphatic carbocycles. The molecule has 26 heavy (non-hydrogen) atoms. The van der Waals surface area contributed by atoms with Crippen LogP contribution >= 0.6 is 11.6 Å². The first kappa shape index (κ1) is 20.8. The lowest BCUT2D eigenvalue weighted by Crippen LogP contribution is -2.54. The Labute approximate surface area is 162 Å². The second-order valence-electron chi connectivity index (χ2n) is 7.98. The normalized spacial score (nSPS) is 19.7. The van der Waals surface area contributed by atoms with Crippen molar-refractivity contribution in [3.05, 3.63) is 28.8 Å². The number of nitrogens with one attached hydrogen (secondary N) is 2. The highest BCUT2D eigenvalue weighted by Gasteiger charge is 2.44. The van der Waals surface area contributed by atoms with Crippen LogP contribution in [0.25, 0.3) is 0 Å². The summed E-state index contributed by atoms with van der Waals surface area (Å²) in [7, 11) is -2.01. The Kier molecular flexibility index (Phi) is 6.12. The van der Waals surface area contributed by atoms with Gasteiger partial charge >= 0.3 is 6.03 Å². The number of rotatable bonds is 4. The fourth-order valence-electron chi connectivity index (χ4n) is 4.30. The second kappa shape index (κ2) is 7.64. The minimum Gasteiger partial charge on any atom is -0.393 e. The van der Waals surface area contributed by atoms with Gasteiger partial charge in [-0.25, -0.2) is 4.79 Å². The van der Waals surface area contributed by atoms with E-state index in [2.05, 4.69) is 63.6 Å². The van der Waals surface area contributed by atoms with E-state index in [4.69, 9.17) is 11.6 Å². The van der Waals surface area contributed by atoms with Crippen molar-refractivity contribution in [3.8, 4) is 11.5 Å². The van der Waals surface area contributed by atoms with Crippen LogP contribution in [0.4, 0.5) is 10.5 Å². The second-order valence-corrected chi connectivity index (χ2v) is 14.0. The molecule has 3 N–H and O–H groups in total. The SMILES string of the molecule is CC(C)[Si](C#CC1(CO)NC(=O)Nc2ccc(Cl)cc21)(C(C)C)C(C)C. The fraction of sp³-hybridized carbons (Fsp3) is 0.550. The number of aliphatic hydroxyl groups excluding tert-OH is 1. The van der Waals surface area contributed by atoms with Crippen molar-refractivity contribution < 1.29 is 9.90 Å². The molecular weight excluding hydrogens is 364 g/mol. The molecule has 0 saturated heterocycles. The van der Waals surface area contributed by atoms with Crippen molar-refractivity contribution in [1.82, 2.24) is 5.32 Å². The van der Waals surface area contributed by atoms with Gasteiger partial charge in [-0.05, 0) is 34.8 Å². The number of urea groups is 1. The molecule has 0 spiro atoms. The van der Waals surface area contributed by atoms with Crippen molar-refractivity contribution in [2.24, 2.45) is 0 Å². The first-order valence-electron chi connectivity index (χ1n) is 9.13. The van der Waals surface area contributed by atoms with Crippen molar-refractivity contribution in [3.63, 3.8) is 0 Å².